The van der Waals surface area contributed by atoms with Crippen molar-refractivity contribution >= 4 is 34.1 Å². The lowest BCUT2D eigenvalue weighted by molar-refractivity contribution is -0.116. The van der Waals surface area contributed by atoms with E-state index in [1.807, 2.05) is 69.3 Å². The SMILES string of the molecule is C/C(=C\C(=O)NC1CC1)c1c(C)nc(N)nc1NCCCc1nc2cccc(C)c2c(=O)n1-c1ccccc1. The number of nitrogens with one attached hydrogen (secondary N) is 2. The lowest BCUT2D eigenvalue weighted by Crippen LogP contribution is -2.25. The molecule has 0 bridgehead atoms. The van der Waals surface area contributed by atoms with Gasteiger partial charge in [-0.05, 0) is 69.4 Å². The summed E-state index contributed by atoms with van der Waals surface area (Å²) < 4.78 is 1.71. The van der Waals surface area contributed by atoms with Crippen molar-refractivity contribution in [1.82, 2.24) is 24.8 Å². The number of nitrogen functional groups attached to an aromatic ring is 1. The molecule has 0 unspecified atom stereocenters. The molecule has 200 valence electrons. The molecular formula is C30H33N7O2. The molecule has 4 N–H and O–H groups in total. The molecule has 5 rings (SSSR count). The minimum atomic E-state index is -0.117. The van der Waals surface area contributed by atoms with Gasteiger partial charge < -0.3 is 16.4 Å². The summed E-state index contributed by atoms with van der Waals surface area (Å²) in [5, 5.41) is 6.98. The van der Waals surface area contributed by atoms with Gasteiger partial charge in [-0.15, -0.1) is 0 Å². The Labute approximate surface area is 227 Å². The van der Waals surface area contributed by atoms with Crippen molar-refractivity contribution in [3.63, 3.8) is 0 Å². The first-order chi connectivity index (χ1) is 18.8. The van der Waals surface area contributed by atoms with E-state index in [9.17, 15) is 9.59 Å². The number of hydrogen-bond acceptors (Lipinski definition) is 7. The number of carbonyl (C=O) groups excluding carboxylic acids is 1. The smallest absolute Gasteiger partial charge is 0.266 e. The predicted octanol–water partition coefficient (Wildman–Crippen LogP) is 4.10. The van der Waals surface area contributed by atoms with Gasteiger partial charge in [0.15, 0.2) is 0 Å². The van der Waals surface area contributed by atoms with Crippen LogP contribution in [0.5, 0.6) is 0 Å². The minimum absolute atomic E-state index is 0.0704. The van der Waals surface area contributed by atoms with Gasteiger partial charge in [-0.25, -0.2) is 9.97 Å². The van der Waals surface area contributed by atoms with E-state index in [2.05, 4.69) is 20.6 Å². The number of benzene rings is 2. The third-order valence-corrected chi connectivity index (χ3v) is 6.83. The Bertz CT molecular complexity index is 1620. The Morgan fingerprint density at radius 2 is 1.85 bits per heavy atom. The molecule has 2 aromatic carbocycles. The van der Waals surface area contributed by atoms with E-state index in [1.165, 1.54) is 0 Å². The molecule has 2 heterocycles. The van der Waals surface area contributed by atoms with Crippen molar-refractivity contribution in [2.75, 3.05) is 17.6 Å². The van der Waals surface area contributed by atoms with Crippen molar-refractivity contribution in [1.29, 1.82) is 0 Å². The van der Waals surface area contributed by atoms with Gasteiger partial charge >= 0.3 is 0 Å². The van der Waals surface area contributed by atoms with E-state index in [0.29, 0.717) is 47.6 Å². The number of fused-ring (bicyclic) bond motifs is 1. The van der Waals surface area contributed by atoms with Crippen LogP contribution in [0.3, 0.4) is 0 Å². The molecule has 4 aromatic rings. The van der Waals surface area contributed by atoms with E-state index in [4.69, 9.17) is 10.7 Å². The second-order valence-corrected chi connectivity index (χ2v) is 10.0. The van der Waals surface area contributed by atoms with Gasteiger partial charge in [-0.3, -0.25) is 14.2 Å². The van der Waals surface area contributed by atoms with Crippen molar-refractivity contribution in [3.05, 3.63) is 87.6 Å². The van der Waals surface area contributed by atoms with Crippen LogP contribution in [-0.4, -0.2) is 38.0 Å². The molecule has 9 nitrogen and oxygen atoms in total. The van der Waals surface area contributed by atoms with Crippen molar-refractivity contribution in [2.45, 2.75) is 52.5 Å². The number of carbonyl (C=O) groups is 1. The zero-order chi connectivity index (χ0) is 27.5. The van der Waals surface area contributed by atoms with Crippen LogP contribution in [0.15, 0.2) is 59.4 Å². The number of anilines is 2. The third kappa shape index (κ3) is 5.82. The zero-order valence-corrected chi connectivity index (χ0v) is 22.5. The van der Waals surface area contributed by atoms with E-state index < -0.39 is 0 Å². The molecule has 0 saturated heterocycles. The van der Waals surface area contributed by atoms with Crippen LogP contribution in [0.4, 0.5) is 11.8 Å². The topological polar surface area (TPSA) is 128 Å². The van der Waals surface area contributed by atoms with Crippen LogP contribution in [-0.2, 0) is 11.2 Å². The van der Waals surface area contributed by atoms with Crippen LogP contribution in [0.25, 0.3) is 22.2 Å². The normalized spacial score (nSPS) is 13.5. The fraction of sp³-hybridized carbons (Fsp3) is 0.300. The van der Waals surface area contributed by atoms with Crippen molar-refractivity contribution in [3.8, 4) is 5.69 Å². The first kappa shape index (κ1) is 26.1. The highest BCUT2D eigenvalue weighted by atomic mass is 16.1. The standard InChI is InChI=1S/C30H33N7O2/c1-18-9-7-12-23-27(18)29(39)37(22-10-5-4-6-11-22)24(35-23)13-8-16-32-28-26(20(3)33-30(31)36-28)19(2)17-25(38)34-21-14-15-21/h4-7,9-12,17,21H,8,13-16H2,1-3H3,(H,34,38)(H3,31,32,33,36)/b19-17+. The molecular weight excluding hydrogens is 490 g/mol. The average Bonchev–Trinajstić information content (AvgIpc) is 3.70. The maximum Gasteiger partial charge on any atom is 0.266 e. The summed E-state index contributed by atoms with van der Waals surface area (Å²) >= 11 is 0. The van der Waals surface area contributed by atoms with Gasteiger partial charge in [-0.2, -0.15) is 4.98 Å². The predicted molar refractivity (Wildman–Crippen MR) is 155 cm³/mol. The number of aryl methyl sites for hydroxylation is 3. The van der Waals surface area contributed by atoms with Crippen LogP contribution in [0, 0.1) is 13.8 Å². The molecule has 9 heteroatoms. The van der Waals surface area contributed by atoms with E-state index in [1.54, 1.807) is 10.6 Å². The molecule has 0 aliphatic heterocycles. The number of nitrogens with zero attached hydrogens (tertiary/aromatic N) is 4. The summed E-state index contributed by atoms with van der Waals surface area (Å²) in [6.45, 7) is 6.22. The molecule has 1 fully saturated rings. The highest BCUT2D eigenvalue weighted by Crippen LogP contribution is 2.26. The van der Waals surface area contributed by atoms with Crippen LogP contribution >= 0.6 is 0 Å². The molecule has 0 radical (unpaired) electrons. The van der Waals surface area contributed by atoms with Crippen LogP contribution in [0.1, 0.15) is 48.8 Å². The first-order valence-corrected chi connectivity index (χ1v) is 13.3. The third-order valence-electron chi connectivity index (χ3n) is 6.83. The lowest BCUT2D eigenvalue weighted by atomic mass is 10.1. The van der Waals surface area contributed by atoms with Crippen LogP contribution < -0.4 is 21.9 Å². The quantitative estimate of drug-likeness (QED) is 0.223. The molecule has 2 aromatic heterocycles. The summed E-state index contributed by atoms with van der Waals surface area (Å²) in [6.07, 6.45) is 4.89. The summed E-state index contributed by atoms with van der Waals surface area (Å²) in [4.78, 5) is 39.6. The number of rotatable bonds is 9. The lowest BCUT2D eigenvalue weighted by Gasteiger charge is -2.16. The zero-order valence-electron chi connectivity index (χ0n) is 22.5. The number of para-hydroxylation sites is 1. The monoisotopic (exact) mass is 523 g/mol. The number of hydrogen-bond donors (Lipinski definition) is 3. The summed E-state index contributed by atoms with van der Waals surface area (Å²) in [6, 6.07) is 15.6. The summed E-state index contributed by atoms with van der Waals surface area (Å²) in [5.41, 5.74) is 10.5. The highest BCUT2D eigenvalue weighted by Gasteiger charge is 2.23. The Morgan fingerprint density at radius 1 is 1.08 bits per heavy atom. The van der Waals surface area contributed by atoms with Gasteiger partial charge in [-0.1, -0.05) is 30.3 Å². The Kier molecular flexibility index (Phi) is 7.40. The number of amides is 1. The van der Waals surface area contributed by atoms with Gasteiger partial charge in [0.2, 0.25) is 11.9 Å². The van der Waals surface area contributed by atoms with Gasteiger partial charge in [0.1, 0.15) is 11.6 Å². The maximum absolute atomic E-state index is 13.6. The van der Waals surface area contributed by atoms with E-state index in [-0.39, 0.29) is 23.5 Å². The van der Waals surface area contributed by atoms with Gasteiger partial charge in [0.25, 0.3) is 5.56 Å². The Morgan fingerprint density at radius 3 is 2.59 bits per heavy atom. The average molecular weight is 524 g/mol. The van der Waals surface area contributed by atoms with E-state index >= 15 is 0 Å². The molecule has 39 heavy (non-hydrogen) atoms. The van der Waals surface area contributed by atoms with Crippen molar-refractivity contribution < 1.29 is 4.79 Å². The van der Waals surface area contributed by atoms with E-state index in [0.717, 1.165) is 35.2 Å². The summed E-state index contributed by atoms with van der Waals surface area (Å²) in [5.74, 6) is 1.32. The van der Waals surface area contributed by atoms with Gasteiger partial charge in [0, 0.05) is 30.6 Å². The minimum Gasteiger partial charge on any atom is -0.369 e. The second kappa shape index (κ2) is 11.1. The second-order valence-electron chi connectivity index (χ2n) is 10.0. The molecule has 1 aliphatic rings. The number of allylic oxidation sites excluding steroid dienone is 1. The Balaban J connectivity index is 1.38. The first-order valence-electron chi connectivity index (χ1n) is 13.3. The largest absolute Gasteiger partial charge is 0.369 e. The number of nitrogens with two attached hydrogens (primary N) is 1. The molecule has 0 spiro atoms. The van der Waals surface area contributed by atoms with Crippen molar-refractivity contribution in [2.24, 2.45) is 0 Å². The molecule has 0 atom stereocenters. The number of aromatic nitrogens is 4. The fourth-order valence-corrected chi connectivity index (χ4v) is 4.84. The molecule has 1 saturated carbocycles. The van der Waals surface area contributed by atoms with Gasteiger partial charge in [0.05, 0.1) is 22.3 Å². The fourth-order valence-electron chi connectivity index (χ4n) is 4.84. The maximum atomic E-state index is 13.6. The van der Waals surface area contributed by atoms with Crippen LogP contribution in [0.2, 0.25) is 0 Å². The summed E-state index contributed by atoms with van der Waals surface area (Å²) in [7, 11) is 0. The Hall–Kier alpha value is -4.53. The highest BCUT2D eigenvalue weighted by molar-refractivity contribution is 5.96. The molecule has 1 aliphatic carbocycles. The molecule has 1 amide bonds.